The van der Waals surface area contributed by atoms with Crippen LogP contribution in [0, 0.1) is 0 Å². The van der Waals surface area contributed by atoms with Crippen molar-refractivity contribution in [2.24, 2.45) is 0 Å². The summed E-state index contributed by atoms with van der Waals surface area (Å²) in [5.41, 5.74) is 0.886. The molecule has 1 fully saturated rings. The summed E-state index contributed by atoms with van der Waals surface area (Å²) in [6.07, 6.45) is 2.21. The second kappa shape index (κ2) is 8.03. The van der Waals surface area contributed by atoms with Crippen molar-refractivity contribution in [3.8, 4) is 5.69 Å². The molecule has 2 aromatic rings. The van der Waals surface area contributed by atoms with Gasteiger partial charge in [0.2, 0.25) is 0 Å². The number of hydrogen-bond donors (Lipinski definition) is 1. The van der Waals surface area contributed by atoms with E-state index in [1.807, 2.05) is 42.1 Å². The van der Waals surface area contributed by atoms with Gasteiger partial charge in [0.15, 0.2) is 0 Å². The average Bonchev–Trinajstić information content (AvgIpc) is 2.93. The van der Waals surface area contributed by atoms with E-state index < -0.39 is 0 Å². The van der Waals surface area contributed by atoms with Gasteiger partial charge in [0, 0.05) is 18.2 Å². The Morgan fingerprint density at radius 2 is 2.12 bits per heavy atom. The molecule has 1 N–H and O–H groups in total. The highest BCUT2D eigenvalue weighted by Gasteiger charge is 2.24. The third kappa shape index (κ3) is 3.92. The summed E-state index contributed by atoms with van der Waals surface area (Å²) in [7, 11) is 0. The van der Waals surface area contributed by atoms with Crippen LogP contribution in [0.1, 0.15) is 38.4 Å². The van der Waals surface area contributed by atoms with Crippen LogP contribution in [0.2, 0.25) is 0 Å². The molecule has 0 saturated carbocycles. The van der Waals surface area contributed by atoms with Crippen molar-refractivity contribution in [2.75, 3.05) is 18.8 Å². The van der Waals surface area contributed by atoms with Gasteiger partial charge in [0.1, 0.15) is 5.82 Å². The molecule has 1 saturated heterocycles. The summed E-state index contributed by atoms with van der Waals surface area (Å²) < 4.78 is 3.45. The molecule has 1 aromatic carbocycles. The summed E-state index contributed by atoms with van der Waals surface area (Å²) in [5.74, 6) is 2.10. The number of nitrogens with zero attached hydrogens (tertiary/aromatic N) is 3. The van der Waals surface area contributed by atoms with Crippen LogP contribution in [-0.4, -0.2) is 38.4 Å². The lowest BCUT2D eigenvalue weighted by molar-refractivity contribution is 0.439. The number of thioether (sulfide) groups is 1. The van der Waals surface area contributed by atoms with Gasteiger partial charge < -0.3 is 5.32 Å². The number of rotatable bonds is 6. The summed E-state index contributed by atoms with van der Waals surface area (Å²) in [5, 5.41) is 8.72. The molecule has 24 heavy (non-hydrogen) atoms. The normalized spacial score (nSPS) is 18.2. The molecular weight excluding hydrogens is 320 g/mol. The van der Waals surface area contributed by atoms with Crippen molar-refractivity contribution in [3.05, 3.63) is 46.6 Å². The molecule has 5 nitrogen and oxygen atoms in total. The Kier molecular flexibility index (Phi) is 5.79. The highest BCUT2D eigenvalue weighted by molar-refractivity contribution is 7.99. The predicted molar refractivity (Wildman–Crippen MR) is 100 cm³/mol. The Hall–Kier alpha value is -1.53. The molecule has 0 bridgehead atoms. The van der Waals surface area contributed by atoms with Crippen LogP contribution >= 0.6 is 11.8 Å². The van der Waals surface area contributed by atoms with E-state index in [9.17, 15) is 4.79 Å². The zero-order valence-corrected chi connectivity index (χ0v) is 15.3. The molecule has 2 heterocycles. The van der Waals surface area contributed by atoms with E-state index in [2.05, 4.69) is 19.2 Å². The molecule has 0 spiro atoms. The number of para-hydroxylation sites is 1. The summed E-state index contributed by atoms with van der Waals surface area (Å²) in [6, 6.07) is 9.87. The van der Waals surface area contributed by atoms with Crippen LogP contribution in [-0.2, 0) is 6.54 Å². The monoisotopic (exact) mass is 346 g/mol. The van der Waals surface area contributed by atoms with Crippen molar-refractivity contribution in [1.82, 2.24) is 19.7 Å². The molecule has 3 rings (SSSR count). The first kappa shape index (κ1) is 17.3. The molecule has 1 aliphatic rings. The maximum absolute atomic E-state index is 12.9. The number of nitrogens with one attached hydrogen (secondary N) is 1. The molecule has 6 heteroatoms. The van der Waals surface area contributed by atoms with Crippen LogP contribution in [0.4, 0.5) is 0 Å². The predicted octanol–water partition coefficient (Wildman–Crippen LogP) is 2.64. The summed E-state index contributed by atoms with van der Waals surface area (Å²) in [6.45, 7) is 6.96. The Morgan fingerprint density at radius 3 is 2.79 bits per heavy atom. The van der Waals surface area contributed by atoms with Gasteiger partial charge in [-0.3, -0.25) is 0 Å². The minimum Gasteiger partial charge on any atom is -0.316 e. The van der Waals surface area contributed by atoms with Crippen LogP contribution in [0.15, 0.2) is 35.1 Å². The van der Waals surface area contributed by atoms with Gasteiger partial charge in [-0.25, -0.2) is 14.0 Å². The van der Waals surface area contributed by atoms with Crippen molar-refractivity contribution < 1.29 is 0 Å². The van der Waals surface area contributed by atoms with E-state index in [0.29, 0.717) is 17.7 Å². The molecule has 0 amide bonds. The first-order chi connectivity index (χ1) is 11.7. The molecule has 130 valence electrons. The van der Waals surface area contributed by atoms with Crippen molar-refractivity contribution in [2.45, 2.75) is 44.4 Å². The molecule has 1 aliphatic heterocycles. The number of benzene rings is 1. The summed E-state index contributed by atoms with van der Waals surface area (Å²) in [4.78, 5) is 12.9. The Morgan fingerprint density at radius 1 is 1.33 bits per heavy atom. The molecular formula is C18H26N4OS. The quantitative estimate of drug-likeness (QED) is 0.874. The first-order valence-electron chi connectivity index (χ1n) is 8.74. The fourth-order valence-electron chi connectivity index (χ4n) is 3.10. The smallest absolute Gasteiger partial charge is 0.316 e. The second-order valence-corrected chi connectivity index (χ2v) is 8.18. The van der Waals surface area contributed by atoms with E-state index in [1.165, 1.54) is 0 Å². The topological polar surface area (TPSA) is 51.9 Å². The van der Waals surface area contributed by atoms with Gasteiger partial charge in [0.05, 0.1) is 12.2 Å². The average molecular weight is 347 g/mol. The second-order valence-electron chi connectivity index (χ2n) is 6.50. The fourth-order valence-corrected chi connectivity index (χ4v) is 3.85. The minimum absolute atomic E-state index is 0.0221. The molecule has 0 aliphatic carbocycles. The van der Waals surface area contributed by atoms with E-state index in [1.54, 1.807) is 9.25 Å². The van der Waals surface area contributed by atoms with Gasteiger partial charge >= 0.3 is 5.69 Å². The van der Waals surface area contributed by atoms with Gasteiger partial charge in [-0.1, -0.05) is 32.0 Å². The maximum atomic E-state index is 12.9. The highest BCUT2D eigenvalue weighted by Crippen LogP contribution is 2.23. The van der Waals surface area contributed by atoms with Crippen molar-refractivity contribution in [1.29, 1.82) is 0 Å². The third-order valence-electron chi connectivity index (χ3n) is 4.30. The fraction of sp³-hybridized carbons (Fsp3) is 0.556. The third-order valence-corrected chi connectivity index (χ3v) is 5.38. The minimum atomic E-state index is -0.0221. The maximum Gasteiger partial charge on any atom is 0.350 e. The van der Waals surface area contributed by atoms with Crippen LogP contribution in [0.25, 0.3) is 5.69 Å². The Labute approximate surface area is 147 Å². The van der Waals surface area contributed by atoms with Crippen molar-refractivity contribution >= 4 is 11.8 Å². The molecule has 0 radical (unpaired) electrons. The summed E-state index contributed by atoms with van der Waals surface area (Å²) >= 11 is 1.86. The molecule has 1 unspecified atom stereocenters. The first-order valence-corrected chi connectivity index (χ1v) is 9.79. The van der Waals surface area contributed by atoms with E-state index in [0.717, 1.165) is 43.2 Å². The van der Waals surface area contributed by atoms with E-state index >= 15 is 0 Å². The van der Waals surface area contributed by atoms with Crippen LogP contribution in [0.3, 0.4) is 0 Å². The number of aryl methyl sites for hydroxylation is 1. The van der Waals surface area contributed by atoms with Gasteiger partial charge in [0.25, 0.3) is 0 Å². The van der Waals surface area contributed by atoms with E-state index in [4.69, 9.17) is 5.10 Å². The number of aromatic nitrogens is 3. The zero-order chi connectivity index (χ0) is 16.9. The lowest BCUT2D eigenvalue weighted by Gasteiger charge is -2.22. The van der Waals surface area contributed by atoms with Crippen molar-refractivity contribution in [3.63, 3.8) is 0 Å². The van der Waals surface area contributed by atoms with Gasteiger partial charge in [-0.2, -0.15) is 16.9 Å². The Balaban J connectivity index is 1.94. The lowest BCUT2D eigenvalue weighted by atomic mass is 9.99. The lowest BCUT2D eigenvalue weighted by Crippen LogP contribution is -2.31. The SMILES string of the molecule is CC(C)SCCn1nc(C2CCCNC2)n(-c2ccccc2)c1=O. The van der Waals surface area contributed by atoms with Gasteiger partial charge in [-0.05, 0) is 36.8 Å². The van der Waals surface area contributed by atoms with E-state index in [-0.39, 0.29) is 5.69 Å². The van der Waals surface area contributed by atoms with Crippen LogP contribution < -0.4 is 11.0 Å². The standard InChI is InChI=1S/C18H26N4OS/c1-14(2)24-12-11-21-18(23)22(16-8-4-3-5-9-16)17(20-21)15-7-6-10-19-13-15/h3-5,8-9,14-15,19H,6-7,10-13H2,1-2H3. The zero-order valence-electron chi connectivity index (χ0n) is 14.4. The Bertz CT molecular complexity index is 702. The number of piperidine rings is 1. The molecule has 1 aromatic heterocycles. The largest absolute Gasteiger partial charge is 0.350 e. The molecule has 1 atom stereocenters. The van der Waals surface area contributed by atoms with Gasteiger partial charge in [-0.15, -0.1) is 0 Å². The highest BCUT2D eigenvalue weighted by atomic mass is 32.2. The number of hydrogen-bond acceptors (Lipinski definition) is 4. The van der Waals surface area contributed by atoms with Crippen LogP contribution in [0.5, 0.6) is 0 Å².